The van der Waals surface area contributed by atoms with Crippen molar-refractivity contribution in [3.8, 4) is 5.75 Å². The van der Waals surface area contributed by atoms with Gasteiger partial charge in [-0.25, -0.2) is 0 Å². The Morgan fingerprint density at radius 1 is 1.35 bits per heavy atom. The van der Waals surface area contributed by atoms with E-state index in [-0.39, 0.29) is 0 Å². The van der Waals surface area contributed by atoms with Gasteiger partial charge in [0, 0.05) is 5.75 Å². The van der Waals surface area contributed by atoms with Crippen molar-refractivity contribution in [2.75, 3.05) is 18.6 Å². The molecule has 96 valence electrons. The van der Waals surface area contributed by atoms with Crippen LogP contribution in [0.3, 0.4) is 0 Å². The highest BCUT2D eigenvalue weighted by Crippen LogP contribution is 2.23. The molecule has 0 fully saturated rings. The van der Waals surface area contributed by atoms with Crippen molar-refractivity contribution in [1.82, 2.24) is 0 Å². The van der Waals surface area contributed by atoms with Crippen LogP contribution in [-0.2, 0) is 0 Å². The van der Waals surface area contributed by atoms with Crippen LogP contribution < -0.4 is 4.74 Å². The summed E-state index contributed by atoms with van der Waals surface area (Å²) in [5, 5.41) is 10.0. The summed E-state index contributed by atoms with van der Waals surface area (Å²) in [7, 11) is 1.64. The van der Waals surface area contributed by atoms with Crippen LogP contribution in [0.4, 0.5) is 0 Å². The molecule has 0 bridgehead atoms. The number of ether oxygens (including phenoxy) is 1. The summed E-state index contributed by atoms with van der Waals surface area (Å²) in [5.74, 6) is 3.38. The Labute approximate surface area is 108 Å². The third kappa shape index (κ3) is 5.00. The van der Waals surface area contributed by atoms with E-state index in [1.165, 1.54) is 6.42 Å². The average Bonchev–Trinajstić information content (AvgIpc) is 2.38. The van der Waals surface area contributed by atoms with Gasteiger partial charge < -0.3 is 9.84 Å². The molecule has 0 amide bonds. The zero-order valence-electron chi connectivity index (χ0n) is 10.8. The van der Waals surface area contributed by atoms with Gasteiger partial charge in [0.15, 0.2) is 0 Å². The summed E-state index contributed by atoms with van der Waals surface area (Å²) in [6.07, 6.45) is 0.793. The molecule has 0 aliphatic carbocycles. The minimum atomic E-state index is -0.404. The molecule has 17 heavy (non-hydrogen) atoms. The van der Waals surface area contributed by atoms with E-state index in [1.807, 2.05) is 36.0 Å². The molecule has 0 aliphatic rings. The van der Waals surface area contributed by atoms with E-state index >= 15 is 0 Å². The predicted octanol–water partition coefficient (Wildman–Crippen LogP) is 3.51. The van der Waals surface area contributed by atoms with Gasteiger partial charge in [0.25, 0.3) is 0 Å². The Hall–Kier alpha value is -0.670. The number of hydrogen-bond donors (Lipinski definition) is 1. The van der Waals surface area contributed by atoms with E-state index in [2.05, 4.69) is 13.8 Å². The van der Waals surface area contributed by atoms with Crippen molar-refractivity contribution < 1.29 is 9.84 Å². The predicted molar refractivity (Wildman–Crippen MR) is 74.7 cm³/mol. The molecule has 0 heterocycles. The number of methoxy groups -OCH3 is 1. The van der Waals surface area contributed by atoms with Gasteiger partial charge in [-0.3, -0.25) is 0 Å². The van der Waals surface area contributed by atoms with E-state index in [1.54, 1.807) is 7.11 Å². The molecule has 1 rings (SSSR count). The fraction of sp³-hybridized carbons (Fsp3) is 0.571. The van der Waals surface area contributed by atoms with Crippen LogP contribution in [0.2, 0.25) is 0 Å². The maximum absolute atomic E-state index is 10.0. The summed E-state index contributed by atoms with van der Waals surface area (Å²) < 4.78 is 5.15. The molecule has 0 aliphatic heterocycles. The van der Waals surface area contributed by atoms with Crippen LogP contribution in [0.15, 0.2) is 24.3 Å². The van der Waals surface area contributed by atoms with Crippen LogP contribution in [-0.4, -0.2) is 23.7 Å². The van der Waals surface area contributed by atoms with Gasteiger partial charge in [0.1, 0.15) is 5.75 Å². The number of rotatable bonds is 7. The zero-order chi connectivity index (χ0) is 12.7. The highest BCUT2D eigenvalue weighted by Gasteiger charge is 2.09. The quantitative estimate of drug-likeness (QED) is 0.807. The second kappa shape index (κ2) is 7.62. The molecule has 2 atom stereocenters. The smallest absolute Gasteiger partial charge is 0.119 e. The third-order valence-corrected chi connectivity index (χ3v) is 4.21. The van der Waals surface area contributed by atoms with E-state index < -0.39 is 6.10 Å². The van der Waals surface area contributed by atoms with Gasteiger partial charge >= 0.3 is 0 Å². The Balaban J connectivity index is 2.43. The number of thioether (sulfide) groups is 1. The SMILES string of the molecule is CCC(C)CSCC(O)c1cccc(OC)c1. The van der Waals surface area contributed by atoms with Crippen LogP contribution >= 0.6 is 11.8 Å². The molecule has 0 saturated heterocycles. The molecule has 1 N–H and O–H groups in total. The van der Waals surface area contributed by atoms with E-state index in [0.29, 0.717) is 0 Å². The van der Waals surface area contributed by atoms with E-state index in [4.69, 9.17) is 4.74 Å². The largest absolute Gasteiger partial charge is 0.497 e. The Kier molecular flexibility index (Phi) is 6.45. The third-order valence-electron chi connectivity index (χ3n) is 2.85. The van der Waals surface area contributed by atoms with E-state index in [0.717, 1.165) is 28.7 Å². The first-order valence-electron chi connectivity index (χ1n) is 6.07. The summed E-state index contributed by atoms with van der Waals surface area (Å²) in [5.41, 5.74) is 0.931. The summed E-state index contributed by atoms with van der Waals surface area (Å²) >= 11 is 1.81. The lowest BCUT2D eigenvalue weighted by Gasteiger charge is -2.13. The summed E-state index contributed by atoms with van der Waals surface area (Å²) in [6.45, 7) is 4.44. The van der Waals surface area contributed by atoms with Crippen LogP contribution in [0.5, 0.6) is 5.75 Å². The molecular weight excluding hydrogens is 232 g/mol. The molecular formula is C14H22O2S. The first-order valence-corrected chi connectivity index (χ1v) is 7.22. The topological polar surface area (TPSA) is 29.5 Å². The first kappa shape index (κ1) is 14.4. The van der Waals surface area contributed by atoms with Crippen molar-refractivity contribution >= 4 is 11.8 Å². The summed E-state index contributed by atoms with van der Waals surface area (Å²) in [6, 6.07) is 7.64. The lowest BCUT2D eigenvalue weighted by atomic mass is 10.1. The molecule has 0 radical (unpaired) electrons. The lowest BCUT2D eigenvalue weighted by Crippen LogP contribution is -2.04. The van der Waals surface area contributed by atoms with Crippen molar-refractivity contribution in [3.05, 3.63) is 29.8 Å². The van der Waals surface area contributed by atoms with Crippen LogP contribution in [0.1, 0.15) is 31.9 Å². The Bertz CT molecular complexity index is 328. The van der Waals surface area contributed by atoms with Gasteiger partial charge in [0.05, 0.1) is 13.2 Å². The second-order valence-corrected chi connectivity index (χ2v) is 5.42. The molecule has 1 aromatic rings. The maximum Gasteiger partial charge on any atom is 0.119 e. The fourth-order valence-corrected chi connectivity index (χ4v) is 2.63. The molecule has 0 saturated carbocycles. The standard InChI is InChI=1S/C14H22O2S/c1-4-11(2)9-17-10-14(15)12-6-5-7-13(8-12)16-3/h5-8,11,14-15H,4,9-10H2,1-3H3. The van der Waals surface area contributed by atoms with Gasteiger partial charge in [-0.1, -0.05) is 32.4 Å². The lowest BCUT2D eigenvalue weighted by molar-refractivity contribution is 0.203. The normalized spacial score (nSPS) is 14.4. The monoisotopic (exact) mass is 254 g/mol. The van der Waals surface area contributed by atoms with Gasteiger partial charge in [-0.2, -0.15) is 11.8 Å². The molecule has 2 unspecified atom stereocenters. The van der Waals surface area contributed by atoms with Gasteiger partial charge in [0.2, 0.25) is 0 Å². The number of aliphatic hydroxyl groups excluding tert-OH is 1. The van der Waals surface area contributed by atoms with Crippen LogP contribution in [0, 0.1) is 5.92 Å². The molecule has 2 nitrogen and oxygen atoms in total. The average molecular weight is 254 g/mol. The first-order chi connectivity index (χ1) is 8.17. The highest BCUT2D eigenvalue weighted by atomic mass is 32.2. The number of hydrogen-bond acceptors (Lipinski definition) is 3. The zero-order valence-corrected chi connectivity index (χ0v) is 11.7. The van der Waals surface area contributed by atoms with Gasteiger partial charge in [-0.15, -0.1) is 0 Å². The highest BCUT2D eigenvalue weighted by molar-refractivity contribution is 7.99. The Morgan fingerprint density at radius 2 is 2.12 bits per heavy atom. The fourth-order valence-electron chi connectivity index (χ4n) is 1.44. The molecule has 1 aromatic carbocycles. The van der Waals surface area contributed by atoms with Crippen molar-refractivity contribution in [2.24, 2.45) is 5.92 Å². The molecule has 0 spiro atoms. The maximum atomic E-state index is 10.0. The minimum Gasteiger partial charge on any atom is -0.497 e. The van der Waals surface area contributed by atoms with Crippen molar-refractivity contribution in [3.63, 3.8) is 0 Å². The van der Waals surface area contributed by atoms with E-state index in [9.17, 15) is 5.11 Å². The number of aliphatic hydroxyl groups is 1. The van der Waals surface area contributed by atoms with Crippen molar-refractivity contribution in [2.45, 2.75) is 26.4 Å². The second-order valence-electron chi connectivity index (χ2n) is 4.34. The van der Waals surface area contributed by atoms with Crippen molar-refractivity contribution in [1.29, 1.82) is 0 Å². The number of benzene rings is 1. The summed E-state index contributed by atoms with van der Waals surface area (Å²) in [4.78, 5) is 0. The van der Waals surface area contributed by atoms with Gasteiger partial charge in [-0.05, 0) is 29.4 Å². The molecule has 0 aromatic heterocycles. The Morgan fingerprint density at radius 3 is 2.76 bits per heavy atom. The minimum absolute atomic E-state index is 0.404. The van der Waals surface area contributed by atoms with Crippen LogP contribution in [0.25, 0.3) is 0 Å². The molecule has 3 heteroatoms.